The quantitative estimate of drug-likeness (QED) is 0.145. The summed E-state index contributed by atoms with van der Waals surface area (Å²) in [6.07, 6.45) is 4.01. The number of nitrogens with one attached hydrogen (secondary N) is 2. The average molecular weight is 638 g/mol. The molecule has 0 bridgehead atoms. The van der Waals surface area contributed by atoms with Crippen LogP contribution in [-0.2, 0) is 50.2 Å². The fourth-order valence-electron chi connectivity index (χ4n) is 2.16. The van der Waals surface area contributed by atoms with Crippen LogP contribution in [-0.4, -0.2) is 105 Å². The molecule has 2 heterocycles. The molecule has 2 aromatic rings. The van der Waals surface area contributed by atoms with E-state index in [4.69, 9.17) is 10.2 Å². The Morgan fingerprint density at radius 1 is 0.732 bits per heavy atom. The van der Waals surface area contributed by atoms with Crippen LogP contribution in [0.15, 0.2) is 0 Å². The minimum atomic E-state index is -1.58. The van der Waals surface area contributed by atoms with Crippen LogP contribution in [0.1, 0.15) is 80.3 Å². The van der Waals surface area contributed by atoms with E-state index in [1.807, 2.05) is 13.8 Å². The van der Waals surface area contributed by atoms with Gasteiger partial charge in [0.25, 0.3) is 0 Å². The van der Waals surface area contributed by atoms with Gasteiger partial charge in [-0.3, -0.25) is 9.59 Å². The number of carbonyl (C=O) groups is 6. The molecule has 0 saturated carbocycles. The van der Waals surface area contributed by atoms with Crippen molar-refractivity contribution >= 4 is 36.7 Å². The van der Waals surface area contributed by atoms with Crippen LogP contribution in [0.2, 0.25) is 0 Å². The normalized spacial score (nSPS) is 8.54. The summed E-state index contributed by atoms with van der Waals surface area (Å²) >= 11 is 0. The van der Waals surface area contributed by atoms with Gasteiger partial charge in [-0.15, -0.1) is 0 Å². The smallest absolute Gasteiger partial charge is 0.543 e. The van der Waals surface area contributed by atoms with Gasteiger partial charge in [-0.2, -0.15) is 0 Å². The summed E-state index contributed by atoms with van der Waals surface area (Å²) in [5.74, 6) is -5.16. The van der Waals surface area contributed by atoms with Gasteiger partial charge in [0.2, 0.25) is 12.8 Å². The molecule has 2 rings (SSSR count). The second-order valence-electron chi connectivity index (χ2n) is 7.64. The zero-order valence-electron chi connectivity index (χ0n) is 23.4. The van der Waals surface area contributed by atoms with Crippen molar-refractivity contribution in [1.29, 1.82) is 0 Å². The van der Waals surface area contributed by atoms with Crippen molar-refractivity contribution < 1.29 is 76.9 Å². The predicted octanol–water partition coefficient (Wildman–Crippen LogP) is -3.59. The van der Waals surface area contributed by atoms with E-state index < -0.39 is 46.7 Å². The number of aromatic nitrogens is 4. The van der Waals surface area contributed by atoms with Gasteiger partial charge in [0.1, 0.15) is 23.0 Å². The van der Waals surface area contributed by atoms with Crippen molar-refractivity contribution in [3.05, 3.63) is 34.4 Å². The Labute approximate surface area is 245 Å². The van der Waals surface area contributed by atoms with Crippen LogP contribution in [0.25, 0.3) is 0 Å². The van der Waals surface area contributed by atoms with Crippen LogP contribution in [0.5, 0.6) is 0 Å². The van der Waals surface area contributed by atoms with Gasteiger partial charge in [-0.05, 0) is 12.8 Å². The van der Waals surface area contributed by atoms with E-state index in [2.05, 4.69) is 19.9 Å². The van der Waals surface area contributed by atoms with Crippen molar-refractivity contribution in [2.45, 2.75) is 39.5 Å². The number of hydrogen-bond donors (Lipinski definition) is 4. The third kappa shape index (κ3) is 19.4. The second-order valence-corrected chi connectivity index (χ2v) is 7.64. The molecule has 0 aliphatic rings. The number of hydrogen-bond acceptors (Lipinski definition) is 10. The number of nitrogens with zero attached hydrogens (tertiary/aromatic N) is 4. The molecule has 0 unspecified atom stereocenters. The van der Waals surface area contributed by atoms with Gasteiger partial charge in [-0.25, -0.2) is 19.6 Å². The minimum Gasteiger partial charge on any atom is -0.543 e. The van der Waals surface area contributed by atoms with E-state index in [0.29, 0.717) is 24.5 Å². The number of carboxylic acids is 4. The molecule has 0 spiro atoms. The number of aromatic carboxylic acids is 4. The van der Waals surface area contributed by atoms with E-state index in [9.17, 15) is 39.0 Å². The number of aromatic amines is 2. The molecule has 0 aliphatic carbocycles. The largest absolute Gasteiger partial charge is 2.00 e. The molecular weight excluding hydrogens is 599 g/mol. The Kier molecular flexibility index (Phi) is 28.0. The molecule has 0 aromatic carbocycles. The summed E-state index contributed by atoms with van der Waals surface area (Å²) in [5, 5.41) is 38.2. The van der Waals surface area contributed by atoms with Gasteiger partial charge in [0.15, 0.2) is 11.4 Å². The first kappa shape index (κ1) is 46.5. The van der Waals surface area contributed by atoms with Crippen LogP contribution in [0.3, 0.4) is 0 Å². The van der Waals surface area contributed by atoms with Gasteiger partial charge in [0, 0.05) is 41.0 Å². The molecule has 0 atom stereocenters. The third-order valence-electron chi connectivity index (χ3n) is 3.72. The number of imidazole rings is 2. The first-order valence-corrected chi connectivity index (χ1v) is 11.0. The summed E-state index contributed by atoms with van der Waals surface area (Å²) in [7, 11) is 6.75. The number of aryl methyl sites for hydroxylation is 2. The van der Waals surface area contributed by atoms with Crippen molar-refractivity contribution in [2.24, 2.45) is 0 Å². The van der Waals surface area contributed by atoms with Crippen molar-refractivity contribution in [3.63, 3.8) is 0 Å². The number of rotatable bonds is 10. The molecule has 19 heteroatoms. The van der Waals surface area contributed by atoms with Crippen molar-refractivity contribution in [1.82, 2.24) is 29.7 Å². The summed E-state index contributed by atoms with van der Waals surface area (Å²) in [6, 6.07) is 0. The monoisotopic (exact) mass is 637 g/mol. The maximum atomic E-state index is 10.6. The third-order valence-corrected chi connectivity index (χ3v) is 3.72. The molecule has 0 saturated heterocycles. The fraction of sp³-hybridized carbons (Fsp3) is 0.455. The number of amides is 2. The molecule has 1 radical (unpaired) electrons. The SMILES string of the molecule is CCCc1nc(C(=O)[O-])c(C(=O)O)[nH]1.CCCc1nc(C(=O)[O-])c(C(=O)O)[nH]1.CN(C)C=O.CN(C)C=O.[Co+2].[OH3+].[OH3+]. The second kappa shape index (κ2) is 24.7. The molecule has 41 heavy (non-hydrogen) atoms. The maximum absolute atomic E-state index is 10.6. The summed E-state index contributed by atoms with van der Waals surface area (Å²) in [4.78, 5) is 76.0. The number of H-pyrrole nitrogens is 2. The Morgan fingerprint density at radius 3 is 1.10 bits per heavy atom. The molecular formula is C22H38CoN6O12+2. The average Bonchev–Trinajstić information content (AvgIpc) is 3.46. The van der Waals surface area contributed by atoms with Gasteiger partial charge < -0.3 is 60.7 Å². The molecule has 2 amide bonds. The molecule has 18 nitrogen and oxygen atoms in total. The Balaban J connectivity index is -0.000000151. The summed E-state index contributed by atoms with van der Waals surface area (Å²) < 4.78 is 0. The van der Waals surface area contributed by atoms with Crippen LogP contribution < -0.4 is 10.2 Å². The molecule has 235 valence electrons. The van der Waals surface area contributed by atoms with Crippen molar-refractivity contribution in [2.75, 3.05) is 28.2 Å². The zero-order chi connectivity index (χ0) is 30.0. The van der Waals surface area contributed by atoms with Gasteiger partial charge in [0.05, 0.1) is 11.9 Å². The van der Waals surface area contributed by atoms with E-state index >= 15 is 0 Å². The first-order chi connectivity index (χ1) is 17.7. The fourth-order valence-corrected chi connectivity index (χ4v) is 2.16. The molecule has 0 fully saturated rings. The molecule has 2 aromatic heterocycles. The van der Waals surface area contributed by atoms with E-state index in [1.165, 1.54) is 9.80 Å². The predicted molar refractivity (Wildman–Crippen MR) is 137 cm³/mol. The minimum absolute atomic E-state index is 0. The van der Waals surface area contributed by atoms with Crippen LogP contribution >= 0.6 is 0 Å². The Bertz CT molecular complexity index is 938. The summed E-state index contributed by atoms with van der Waals surface area (Å²) in [5.41, 5.74) is -1.93. The summed E-state index contributed by atoms with van der Waals surface area (Å²) in [6.45, 7) is 3.75. The van der Waals surface area contributed by atoms with E-state index in [1.54, 1.807) is 28.2 Å². The van der Waals surface area contributed by atoms with E-state index in [0.717, 1.165) is 25.7 Å². The zero-order valence-corrected chi connectivity index (χ0v) is 24.5. The van der Waals surface area contributed by atoms with E-state index in [-0.39, 0.29) is 27.7 Å². The van der Waals surface area contributed by atoms with Crippen molar-refractivity contribution in [3.8, 4) is 0 Å². The van der Waals surface area contributed by atoms with Gasteiger partial charge >= 0.3 is 28.7 Å². The Morgan fingerprint density at radius 2 is 0.976 bits per heavy atom. The molecule has 10 N–H and O–H groups in total. The standard InChI is InChI=1S/2C8H10N2O4.2C3H7NO.Co.2H2O/c2*1-2-3-4-9-5(7(11)12)6(10-4)8(13)14;2*1-4(2)3-5;;;/h2*2-3H2,1H3,(H,9,10)(H,11,12)(H,13,14);2*3H,1-2H3;;2*1H2/q;;;;+2;;. The first-order valence-electron chi connectivity index (χ1n) is 11.0. The number of carbonyl (C=O) groups excluding carboxylic acids is 4. The van der Waals surface area contributed by atoms with Gasteiger partial charge in [-0.1, -0.05) is 13.8 Å². The van der Waals surface area contributed by atoms with Crippen LogP contribution in [0.4, 0.5) is 0 Å². The topological polar surface area (TPSA) is 319 Å². The maximum Gasteiger partial charge on any atom is 2.00 e. The number of carboxylic acid groups (broad SMARTS) is 4. The Hall–Kier alpha value is -4.33. The molecule has 0 aliphatic heterocycles. The van der Waals surface area contributed by atoms with Crippen LogP contribution in [0, 0.1) is 0 Å².